The summed E-state index contributed by atoms with van der Waals surface area (Å²) in [5.74, 6) is 2.67. The maximum Gasteiger partial charge on any atom is 0.223 e. The molecule has 5 aromatic rings. The van der Waals surface area contributed by atoms with Gasteiger partial charge in [0.05, 0.1) is 47.6 Å². The second-order valence-electron chi connectivity index (χ2n) is 14.5. The molecule has 0 spiro atoms. The summed E-state index contributed by atoms with van der Waals surface area (Å²) >= 11 is 0. The number of nitrogens with zero attached hydrogens (tertiary/aromatic N) is 5. The molecule has 1 fully saturated rings. The lowest BCUT2D eigenvalue weighted by Gasteiger charge is -2.24. The lowest BCUT2D eigenvalue weighted by Crippen LogP contribution is -2.32. The predicted octanol–water partition coefficient (Wildman–Crippen LogP) is 8.07. The van der Waals surface area contributed by atoms with Crippen LogP contribution in [-0.2, 0) is 22.9 Å². The fourth-order valence-electron chi connectivity index (χ4n) is 7.30. The zero-order chi connectivity index (χ0) is 35.1. The van der Waals surface area contributed by atoms with Crippen LogP contribution in [0.2, 0.25) is 0 Å². The van der Waals surface area contributed by atoms with Gasteiger partial charge in [0.15, 0.2) is 12.5 Å². The number of imidazole rings is 2. The second kappa shape index (κ2) is 13.8. The van der Waals surface area contributed by atoms with Crippen molar-refractivity contribution < 1.29 is 18.7 Å². The first-order valence-electron chi connectivity index (χ1n) is 17.9. The van der Waals surface area contributed by atoms with E-state index in [1.807, 2.05) is 64.6 Å². The zero-order valence-electron chi connectivity index (χ0n) is 29.6. The molecule has 3 aromatic heterocycles. The van der Waals surface area contributed by atoms with Crippen LogP contribution < -0.4 is 4.74 Å². The van der Waals surface area contributed by atoms with Crippen molar-refractivity contribution in [3.63, 3.8) is 0 Å². The van der Waals surface area contributed by atoms with Gasteiger partial charge in [-0.05, 0) is 55.4 Å². The number of nitrogens with one attached hydrogen (secondary N) is 2. The lowest BCUT2D eigenvalue weighted by molar-refractivity contribution is -0.133. The van der Waals surface area contributed by atoms with E-state index in [0.717, 1.165) is 65.5 Å². The van der Waals surface area contributed by atoms with Crippen molar-refractivity contribution >= 4 is 22.7 Å². The van der Waals surface area contributed by atoms with Gasteiger partial charge in [0, 0.05) is 48.0 Å². The number of halogens is 1. The van der Waals surface area contributed by atoms with E-state index in [9.17, 15) is 9.59 Å². The average molecular weight is 680 g/mol. The van der Waals surface area contributed by atoms with Crippen LogP contribution in [0.5, 0.6) is 5.75 Å². The number of ether oxygens (including phenoxy) is 1. The van der Waals surface area contributed by atoms with Crippen molar-refractivity contribution in [2.24, 2.45) is 11.8 Å². The molecule has 0 bridgehead atoms. The van der Waals surface area contributed by atoms with Gasteiger partial charge in [0.2, 0.25) is 11.8 Å². The molecule has 0 aliphatic carbocycles. The van der Waals surface area contributed by atoms with E-state index < -0.39 is 0 Å². The van der Waals surface area contributed by atoms with Crippen LogP contribution in [0.3, 0.4) is 0 Å². The molecule has 5 heterocycles. The van der Waals surface area contributed by atoms with Crippen molar-refractivity contribution in [2.75, 3.05) is 13.1 Å². The summed E-state index contributed by atoms with van der Waals surface area (Å²) in [5.41, 5.74) is 5.21. The number of aromatic nitrogens is 5. The van der Waals surface area contributed by atoms with E-state index >= 15 is 4.39 Å². The molecule has 2 aliphatic rings. The fraction of sp³-hybridized carbons (Fsp3) is 0.436. The lowest BCUT2D eigenvalue weighted by atomic mass is 10.0. The summed E-state index contributed by atoms with van der Waals surface area (Å²) in [6.07, 6.45) is 7.28. The Balaban J connectivity index is 1.12. The molecule has 1 atom stereocenters. The van der Waals surface area contributed by atoms with E-state index in [2.05, 4.69) is 40.7 Å². The van der Waals surface area contributed by atoms with Crippen LogP contribution in [0, 0.1) is 17.7 Å². The maximum absolute atomic E-state index is 16.3. The fourth-order valence-corrected chi connectivity index (χ4v) is 7.30. The van der Waals surface area contributed by atoms with Crippen LogP contribution >= 0.6 is 0 Å². The zero-order valence-corrected chi connectivity index (χ0v) is 29.6. The van der Waals surface area contributed by atoms with Gasteiger partial charge in [-0.3, -0.25) is 9.59 Å². The van der Waals surface area contributed by atoms with Gasteiger partial charge in [0.25, 0.3) is 0 Å². The third-order valence-electron chi connectivity index (χ3n) is 9.67. The third kappa shape index (κ3) is 6.41. The number of benzene rings is 2. The number of rotatable bonds is 11. The van der Waals surface area contributed by atoms with Gasteiger partial charge < -0.3 is 29.1 Å². The minimum absolute atomic E-state index is 0.0705. The third-order valence-corrected chi connectivity index (χ3v) is 9.67. The SMILES string of the molecule is CCCN(Cc1ncc(-c2ccc3c(c2)OCn2c-3c(F)c3cc(-c4cnc([C@@H]5CCCN5C(=O)CC(C)C)[nH]4)ccc32)[nH]1)C(=O)CC(C)C. The average Bonchev–Trinajstić information content (AvgIpc) is 3.90. The number of fused-ring (bicyclic) bond motifs is 5. The molecule has 50 heavy (non-hydrogen) atoms. The monoisotopic (exact) mass is 679 g/mol. The Morgan fingerprint density at radius 3 is 2.52 bits per heavy atom. The van der Waals surface area contributed by atoms with E-state index in [0.29, 0.717) is 60.2 Å². The number of hydrogen-bond acceptors (Lipinski definition) is 5. The Hall–Kier alpha value is -4.93. The number of likely N-dealkylation sites (tertiary alicyclic amines) is 1. The summed E-state index contributed by atoms with van der Waals surface area (Å²) in [6.45, 7) is 12.3. The van der Waals surface area contributed by atoms with E-state index in [1.54, 1.807) is 12.4 Å². The summed E-state index contributed by atoms with van der Waals surface area (Å²) in [5, 5.41) is 0.505. The Bertz CT molecular complexity index is 2040. The highest BCUT2D eigenvalue weighted by Crippen LogP contribution is 2.43. The molecule has 7 rings (SSSR count). The molecule has 0 radical (unpaired) electrons. The molecule has 2 aliphatic heterocycles. The first-order valence-corrected chi connectivity index (χ1v) is 17.9. The molecule has 11 heteroatoms. The molecule has 2 N–H and O–H groups in total. The molecule has 1 saturated heterocycles. The minimum Gasteiger partial charge on any atom is -0.472 e. The van der Waals surface area contributed by atoms with E-state index in [1.165, 1.54) is 0 Å². The molecule has 262 valence electrons. The van der Waals surface area contributed by atoms with Gasteiger partial charge in [0.1, 0.15) is 17.4 Å². The highest BCUT2D eigenvalue weighted by Gasteiger charge is 2.32. The van der Waals surface area contributed by atoms with Gasteiger partial charge >= 0.3 is 0 Å². The first kappa shape index (κ1) is 33.6. The molecular weight excluding hydrogens is 633 g/mol. The summed E-state index contributed by atoms with van der Waals surface area (Å²) in [6, 6.07) is 11.4. The number of aromatic amines is 2. The standard InChI is InChI=1S/C39H46FN7O3/c1-6-13-45(35(48)15-23(2)3)21-34-41-19-29(43-34)26-9-11-27-33(18-26)50-22-47-31-12-10-25(17-28(31)37(40)38(27)47)30-20-42-39(44-30)32-8-7-14-46(32)36(49)16-24(4)5/h9-12,17-20,23-24,32H,6-8,13-16,21-22H2,1-5H3,(H,41,43)(H,42,44)/t32-/m0/s1. The van der Waals surface area contributed by atoms with Gasteiger partial charge in [-0.2, -0.15) is 0 Å². The number of hydrogen-bond donors (Lipinski definition) is 2. The first-order chi connectivity index (χ1) is 24.1. The van der Waals surface area contributed by atoms with Crippen molar-refractivity contribution in [2.45, 2.75) is 86.0 Å². The van der Waals surface area contributed by atoms with Crippen LogP contribution in [0.25, 0.3) is 44.7 Å². The van der Waals surface area contributed by atoms with Crippen LogP contribution in [-0.4, -0.2) is 59.2 Å². The smallest absolute Gasteiger partial charge is 0.223 e. The number of carbonyl (C=O) groups excluding carboxylic acids is 2. The molecule has 2 aromatic carbocycles. The second-order valence-corrected chi connectivity index (χ2v) is 14.5. The number of H-pyrrole nitrogens is 2. The van der Waals surface area contributed by atoms with Crippen molar-refractivity contribution in [1.82, 2.24) is 34.3 Å². The topological polar surface area (TPSA) is 112 Å². The highest BCUT2D eigenvalue weighted by molar-refractivity contribution is 5.93. The predicted molar refractivity (Wildman–Crippen MR) is 191 cm³/mol. The summed E-state index contributed by atoms with van der Waals surface area (Å²) < 4.78 is 24.4. The van der Waals surface area contributed by atoms with E-state index in [4.69, 9.17) is 4.74 Å². The number of carbonyl (C=O) groups is 2. The Morgan fingerprint density at radius 2 is 1.74 bits per heavy atom. The van der Waals surface area contributed by atoms with Gasteiger partial charge in [-0.1, -0.05) is 46.8 Å². The van der Waals surface area contributed by atoms with Crippen molar-refractivity contribution in [1.29, 1.82) is 0 Å². The Labute approximate surface area is 292 Å². The maximum atomic E-state index is 16.3. The molecule has 10 nitrogen and oxygen atoms in total. The minimum atomic E-state index is -0.300. The van der Waals surface area contributed by atoms with Gasteiger partial charge in [-0.25, -0.2) is 14.4 Å². The largest absolute Gasteiger partial charge is 0.472 e. The molecule has 2 amide bonds. The number of amides is 2. The van der Waals surface area contributed by atoms with Crippen molar-refractivity contribution in [3.05, 3.63) is 66.3 Å². The Kier molecular flexibility index (Phi) is 9.24. The van der Waals surface area contributed by atoms with Crippen molar-refractivity contribution in [3.8, 4) is 39.5 Å². The van der Waals surface area contributed by atoms with Gasteiger partial charge in [-0.15, -0.1) is 0 Å². The van der Waals surface area contributed by atoms with E-state index in [-0.39, 0.29) is 30.4 Å². The highest BCUT2D eigenvalue weighted by atomic mass is 19.1. The van der Waals surface area contributed by atoms with Crippen LogP contribution in [0.4, 0.5) is 4.39 Å². The molecule has 0 saturated carbocycles. The quantitative estimate of drug-likeness (QED) is 0.147. The Morgan fingerprint density at radius 1 is 1.00 bits per heavy atom. The summed E-state index contributed by atoms with van der Waals surface area (Å²) in [4.78, 5) is 45.5. The van der Waals surface area contributed by atoms with Crippen LogP contribution in [0.1, 0.15) is 84.4 Å². The molecular formula is C39H46FN7O3. The normalized spacial score (nSPS) is 15.5. The van der Waals surface area contributed by atoms with Crippen LogP contribution in [0.15, 0.2) is 48.8 Å². The summed E-state index contributed by atoms with van der Waals surface area (Å²) in [7, 11) is 0. The molecule has 0 unspecified atom stereocenters.